The standard InChI is InChI=1S/C18H28O10/c1-6-7-8-23-18-17(27-13(5)22)16(26-12(4)21)15(25-11(3)20)14(28-18)9-24-10(2)19/h14-18H,6-9H2,1-5H3/t14-,15-,16+,17-,18+/m1/s1. The Morgan fingerprint density at radius 3 is 1.82 bits per heavy atom. The van der Waals surface area contributed by atoms with Crippen molar-refractivity contribution in [2.75, 3.05) is 13.2 Å². The summed E-state index contributed by atoms with van der Waals surface area (Å²) < 4.78 is 32.2. The van der Waals surface area contributed by atoms with Crippen LogP contribution in [0.3, 0.4) is 0 Å². The van der Waals surface area contributed by atoms with Gasteiger partial charge in [-0.3, -0.25) is 19.2 Å². The molecule has 0 aromatic heterocycles. The lowest BCUT2D eigenvalue weighted by Gasteiger charge is -2.44. The predicted octanol–water partition coefficient (Wildman–Crippen LogP) is 0.886. The van der Waals surface area contributed by atoms with Gasteiger partial charge in [-0.2, -0.15) is 0 Å². The molecule has 1 fully saturated rings. The summed E-state index contributed by atoms with van der Waals surface area (Å²) >= 11 is 0. The first kappa shape index (κ1) is 23.8. The summed E-state index contributed by atoms with van der Waals surface area (Å²) in [7, 11) is 0. The van der Waals surface area contributed by atoms with Crippen molar-refractivity contribution in [3.05, 3.63) is 0 Å². The Morgan fingerprint density at radius 1 is 0.786 bits per heavy atom. The van der Waals surface area contributed by atoms with E-state index in [1.165, 1.54) is 27.7 Å². The molecule has 0 aliphatic carbocycles. The van der Waals surface area contributed by atoms with Gasteiger partial charge in [0.1, 0.15) is 12.7 Å². The minimum Gasteiger partial charge on any atom is -0.463 e. The van der Waals surface area contributed by atoms with E-state index in [9.17, 15) is 19.2 Å². The molecule has 10 heteroatoms. The van der Waals surface area contributed by atoms with E-state index in [2.05, 4.69) is 0 Å². The normalized spacial score (nSPS) is 26.8. The highest BCUT2D eigenvalue weighted by atomic mass is 16.7. The number of carbonyl (C=O) groups is 4. The van der Waals surface area contributed by atoms with E-state index in [4.69, 9.17) is 28.4 Å². The van der Waals surface area contributed by atoms with Crippen LogP contribution in [0.4, 0.5) is 0 Å². The second-order valence-corrected chi connectivity index (χ2v) is 6.29. The Labute approximate surface area is 163 Å². The summed E-state index contributed by atoms with van der Waals surface area (Å²) in [5, 5.41) is 0. The molecule has 0 saturated carbocycles. The van der Waals surface area contributed by atoms with Gasteiger partial charge in [0.15, 0.2) is 24.6 Å². The van der Waals surface area contributed by atoms with Crippen LogP contribution in [0.1, 0.15) is 47.5 Å². The highest BCUT2D eigenvalue weighted by Gasteiger charge is 2.52. The Bertz CT molecular complexity index is 561. The van der Waals surface area contributed by atoms with Gasteiger partial charge in [-0.05, 0) is 6.42 Å². The minimum absolute atomic E-state index is 0.272. The van der Waals surface area contributed by atoms with E-state index in [0.29, 0.717) is 13.0 Å². The van der Waals surface area contributed by atoms with Gasteiger partial charge in [0.05, 0.1) is 0 Å². The number of unbranched alkanes of at least 4 members (excludes halogenated alkanes) is 1. The van der Waals surface area contributed by atoms with Crippen molar-refractivity contribution in [3.8, 4) is 0 Å². The second kappa shape index (κ2) is 11.6. The van der Waals surface area contributed by atoms with Gasteiger partial charge in [-0.15, -0.1) is 0 Å². The van der Waals surface area contributed by atoms with E-state index >= 15 is 0 Å². The quantitative estimate of drug-likeness (QED) is 0.311. The molecule has 1 heterocycles. The van der Waals surface area contributed by atoms with Crippen molar-refractivity contribution in [2.45, 2.75) is 78.2 Å². The van der Waals surface area contributed by atoms with Gasteiger partial charge in [0, 0.05) is 34.3 Å². The van der Waals surface area contributed by atoms with Crippen LogP contribution in [-0.4, -0.2) is 67.8 Å². The summed E-state index contributed by atoms with van der Waals surface area (Å²) in [5.74, 6) is -2.58. The topological polar surface area (TPSA) is 124 Å². The second-order valence-electron chi connectivity index (χ2n) is 6.29. The van der Waals surface area contributed by atoms with E-state index in [0.717, 1.165) is 6.42 Å². The largest absolute Gasteiger partial charge is 0.463 e. The summed E-state index contributed by atoms with van der Waals surface area (Å²) in [6.45, 7) is 6.72. The van der Waals surface area contributed by atoms with Crippen LogP contribution >= 0.6 is 0 Å². The van der Waals surface area contributed by atoms with Gasteiger partial charge >= 0.3 is 23.9 Å². The molecule has 1 saturated heterocycles. The summed E-state index contributed by atoms with van der Waals surface area (Å²) in [6.07, 6.45) is -4.07. The molecule has 0 radical (unpaired) electrons. The van der Waals surface area contributed by atoms with Gasteiger partial charge in [0.2, 0.25) is 0 Å². The van der Waals surface area contributed by atoms with Crippen molar-refractivity contribution < 1.29 is 47.6 Å². The number of hydrogen-bond donors (Lipinski definition) is 0. The zero-order chi connectivity index (χ0) is 21.3. The number of hydrogen-bond acceptors (Lipinski definition) is 10. The highest BCUT2D eigenvalue weighted by Crippen LogP contribution is 2.30. The van der Waals surface area contributed by atoms with Crippen LogP contribution in [0.5, 0.6) is 0 Å². The van der Waals surface area contributed by atoms with E-state index < -0.39 is 54.6 Å². The molecule has 1 rings (SSSR count). The first-order valence-electron chi connectivity index (χ1n) is 9.07. The zero-order valence-electron chi connectivity index (χ0n) is 16.8. The number of ether oxygens (including phenoxy) is 6. The maximum absolute atomic E-state index is 11.6. The van der Waals surface area contributed by atoms with Gasteiger partial charge in [-0.25, -0.2) is 0 Å². The average molecular weight is 404 g/mol. The third-order valence-electron chi connectivity index (χ3n) is 3.73. The average Bonchev–Trinajstić information content (AvgIpc) is 2.57. The molecule has 1 aliphatic heterocycles. The lowest BCUT2D eigenvalue weighted by atomic mass is 9.98. The van der Waals surface area contributed by atoms with Gasteiger partial charge in [0.25, 0.3) is 0 Å². The van der Waals surface area contributed by atoms with E-state index in [1.54, 1.807) is 0 Å². The van der Waals surface area contributed by atoms with Crippen molar-refractivity contribution in [1.29, 1.82) is 0 Å². The van der Waals surface area contributed by atoms with Crippen LogP contribution in [0.15, 0.2) is 0 Å². The molecule has 5 atom stereocenters. The summed E-state index contributed by atoms with van der Waals surface area (Å²) in [4.78, 5) is 46.0. The fraction of sp³-hybridized carbons (Fsp3) is 0.778. The molecule has 1 aliphatic rings. The third-order valence-corrected chi connectivity index (χ3v) is 3.73. The van der Waals surface area contributed by atoms with E-state index in [-0.39, 0.29) is 6.61 Å². The number of rotatable bonds is 9. The molecule has 0 aromatic carbocycles. The van der Waals surface area contributed by atoms with Crippen LogP contribution in [-0.2, 0) is 47.6 Å². The fourth-order valence-electron chi connectivity index (χ4n) is 2.67. The van der Waals surface area contributed by atoms with Gasteiger partial charge in [-0.1, -0.05) is 13.3 Å². The predicted molar refractivity (Wildman–Crippen MR) is 92.8 cm³/mol. The highest BCUT2D eigenvalue weighted by molar-refractivity contribution is 5.68. The molecule has 0 unspecified atom stereocenters. The van der Waals surface area contributed by atoms with Gasteiger partial charge < -0.3 is 28.4 Å². The minimum atomic E-state index is -1.20. The van der Waals surface area contributed by atoms with Crippen LogP contribution < -0.4 is 0 Å². The Kier molecular flexibility index (Phi) is 9.88. The van der Waals surface area contributed by atoms with Crippen LogP contribution in [0.25, 0.3) is 0 Å². The lowest BCUT2D eigenvalue weighted by molar-refractivity contribution is -0.308. The van der Waals surface area contributed by atoms with Crippen molar-refractivity contribution in [3.63, 3.8) is 0 Å². The van der Waals surface area contributed by atoms with Crippen molar-refractivity contribution in [2.24, 2.45) is 0 Å². The first-order valence-corrected chi connectivity index (χ1v) is 9.07. The molecule has 160 valence electrons. The summed E-state index contributed by atoms with van der Waals surface area (Å²) in [5.41, 5.74) is 0. The van der Waals surface area contributed by atoms with Crippen LogP contribution in [0, 0.1) is 0 Å². The molecule has 28 heavy (non-hydrogen) atoms. The summed E-state index contributed by atoms with van der Waals surface area (Å²) in [6, 6.07) is 0. The van der Waals surface area contributed by atoms with Crippen molar-refractivity contribution >= 4 is 23.9 Å². The fourth-order valence-corrected chi connectivity index (χ4v) is 2.67. The first-order chi connectivity index (χ1) is 13.1. The molecule has 0 aromatic rings. The third kappa shape index (κ3) is 7.81. The lowest BCUT2D eigenvalue weighted by Crippen LogP contribution is -2.63. The Hall–Kier alpha value is -2.20. The maximum Gasteiger partial charge on any atom is 0.303 e. The molecule has 0 amide bonds. The number of carbonyl (C=O) groups excluding carboxylic acids is 4. The maximum atomic E-state index is 11.6. The molecule has 10 nitrogen and oxygen atoms in total. The zero-order valence-corrected chi connectivity index (χ0v) is 16.8. The van der Waals surface area contributed by atoms with Crippen molar-refractivity contribution in [1.82, 2.24) is 0 Å². The monoisotopic (exact) mass is 404 g/mol. The SMILES string of the molecule is CCCCO[C@H]1O[C@H](COC(C)=O)[C@@H](OC(C)=O)[C@H](OC(C)=O)[C@H]1OC(C)=O. The number of esters is 4. The van der Waals surface area contributed by atoms with Crippen LogP contribution in [0.2, 0.25) is 0 Å². The molecule has 0 spiro atoms. The molecule has 0 N–H and O–H groups in total. The molecular formula is C18H28O10. The smallest absolute Gasteiger partial charge is 0.303 e. The molecule has 0 bridgehead atoms. The molecular weight excluding hydrogens is 376 g/mol. The van der Waals surface area contributed by atoms with E-state index in [1.807, 2.05) is 6.92 Å². The Balaban J connectivity index is 3.21. The Morgan fingerprint density at radius 2 is 1.32 bits per heavy atom.